The quantitative estimate of drug-likeness (QED) is 0.433. The Morgan fingerprint density at radius 2 is 1.88 bits per heavy atom. The fourth-order valence-electron chi connectivity index (χ4n) is 2.42. The molecule has 142 valence electrons. The molecule has 0 aliphatic carbocycles. The average molecular weight is 388 g/mol. The molecule has 25 heavy (non-hydrogen) atoms. The number of sulfonamides is 1. The van der Waals surface area contributed by atoms with E-state index in [4.69, 9.17) is 12.2 Å². The van der Waals surface area contributed by atoms with Crippen LogP contribution >= 0.6 is 12.2 Å². The number of aryl methyl sites for hydroxylation is 1. The minimum Gasteiger partial charge on any atom is -0.362 e. The molecule has 0 saturated heterocycles. The van der Waals surface area contributed by atoms with Gasteiger partial charge in [-0.3, -0.25) is 0 Å². The van der Waals surface area contributed by atoms with Gasteiger partial charge in [0.05, 0.1) is 25.5 Å². The Morgan fingerprint density at radius 3 is 2.44 bits per heavy atom. The van der Waals surface area contributed by atoms with Crippen molar-refractivity contribution in [3.05, 3.63) is 23.8 Å². The van der Waals surface area contributed by atoms with Crippen molar-refractivity contribution in [2.24, 2.45) is 0 Å². The van der Waals surface area contributed by atoms with Gasteiger partial charge in [0.1, 0.15) is 0 Å². The molecule has 0 atom stereocenters. The zero-order valence-electron chi connectivity index (χ0n) is 15.8. The number of thiocarbonyl (C=S) groups is 1. The average Bonchev–Trinajstić information content (AvgIpc) is 2.54. The van der Waals surface area contributed by atoms with E-state index in [1.54, 1.807) is 18.2 Å². The molecule has 0 aromatic heterocycles. The third kappa shape index (κ3) is 6.54. The highest BCUT2D eigenvalue weighted by Crippen LogP contribution is 2.22. The smallest absolute Gasteiger partial charge is 0.243 e. The molecular formula is C17H31N4O2S2+. The summed E-state index contributed by atoms with van der Waals surface area (Å²) in [6.45, 7) is 8.34. The predicted octanol–water partition coefficient (Wildman–Crippen LogP) is 0.847. The van der Waals surface area contributed by atoms with Crippen LogP contribution in [0.2, 0.25) is 0 Å². The highest BCUT2D eigenvalue weighted by Gasteiger charge is 2.22. The number of hydrogen-bond acceptors (Lipinski definition) is 3. The van der Waals surface area contributed by atoms with Gasteiger partial charge in [-0.1, -0.05) is 19.9 Å². The number of nitrogens with zero attached hydrogens (tertiary/aromatic N) is 1. The van der Waals surface area contributed by atoms with Gasteiger partial charge in [-0.2, -0.15) is 4.31 Å². The number of quaternary nitrogens is 1. The maximum atomic E-state index is 12.7. The topological polar surface area (TPSA) is 65.9 Å². The largest absolute Gasteiger partial charge is 0.362 e. The number of nitrogens with one attached hydrogen (secondary N) is 3. The Hall–Kier alpha value is -1.22. The maximum Gasteiger partial charge on any atom is 0.243 e. The predicted molar refractivity (Wildman–Crippen MR) is 108 cm³/mol. The second-order valence-corrected chi connectivity index (χ2v) is 8.60. The van der Waals surface area contributed by atoms with Crippen molar-refractivity contribution >= 4 is 33.0 Å². The molecular weight excluding hydrogens is 356 g/mol. The summed E-state index contributed by atoms with van der Waals surface area (Å²) in [6.07, 6.45) is 1.01. The van der Waals surface area contributed by atoms with Crippen LogP contribution in [0, 0.1) is 6.92 Å². The van der Waals surface area contributed by atoms with Gasteiger partial charge in [-0.25, -0.2) is 8.42 Å². The molecule has 8 heteroatoms. The van der Waals surface area contributed by atoms with Crippen molar-refractivity contribution in [3.63, 3.8) is 0 Å². The Balaban J connectivity index is 2.83. The second-order valence-electron chi connectivity index (χ2n) is 6.26. The minimum absolute atomic E-state index is 0.281. The monoisotopic (exact) mass is 387 g/mol. The van der Waals surface area contributed by atoms with Crippen LogP contribution in [-0.4, -0.2) is 58.1 Å². The molecule has 1 rings (SSSR count). The van der Waals surface area contributed by atoms with Crippen molar-refractivity contribution in [2.45, 2.75) is 32.1 Å². The molecule has 0 heterocycles. The Kier molecular flexibility index (Phi) is 8.78. The highest BCUT2D eigenvalue weighted by molar-refractivity contribution is 7.89. The van der Waals surface area contributed by atoms with E-state index < -0.39 is 10.0 Å². The Bertz CT molecular complexity index is 671. The fraction of sp³-hybridized carbons (Fsp3) is 0.588. The van der Waals surface area contributed by atoms with E-state index in [-0.39, 0.29) is 4.90 Å². The number of benzene rings is 1. The first-order valence-electron chi connectivity index (χ1n) is 8.67. The number of hydrogen-bond donors (Lipinski definition) is 3. The van der Waals surface area contributed by atoms with Crippen molar-refractivity contribution in [1.82, 2.24) is 9.62 Å². The molecule has 0 radical (unpaired) electrons. The number of anilines is 1. The summed E-state index contributed by atoms with van der Waals surface area (Å²) < 4.78 is 26.8. The van der Waals surface area contributed by atoms with Crippen LogP contribution < -0.4 is 15.5 Å². The lowest BCUT2D eigenvalue weighted by Crippen LogP contribution is -3.05. The van der Waals surface area contributed by atoms with E-state index >= 15 is 0 Å². The van der Waals surface area contributed by atoms with Crippen molar-refractivity contribution in [1.29, 1.82) is 0 Å². The summed E-state index contributed by atoms with van der Waals surface area (Å²) in [5, 5.41) is 6.79. The fourth-order valence-corrected chi connectivity index (χ4v) is 4.12. The molecule has 3 N–H and O–H groups in total. The van der Waals surface area contributed by atoms with Gasteiger partial charge in [0, 0.05) is 31.7 Å². The lowest BCUT2D eigenvalue weighted by molar-refractivity contribution is -0.858. The van der Waals surface area contributed by atoms with E-state index in [1.807, 2.05) is 20.8 Å². The van der Waals surface area contributed by atoms with Crippen molar-refractivity contribution in [2.75, 3.05) is 45.6 Å². The normalized spacial score (nSPS) is 11.8. The van der Waals surface area contributed by atoms with Crippen molar-refractivity contribution < 1.29 is 13.3 Å². The van der Waals surface area contributed by atoms with Crippen molar-refractivity contribution in [3.8, 4) is 0 Å². The molecule has 0 amide bonds. The summed E-state index contributed by atoms with van der Waals surface area (Å²) in [7, 11) is 0.746. The lowest BCUT2D eigenvalue weighted by Gasteiger charge is -2.20. The second kappa shape index (κ2) is 10.1. The van der Waals surface area contributed by atoms with E-state index in [1.165, 1.54) is 9.21 Å². The summed E-state index contributed by atoms with van der Waals surface area (Å²) in [6, 6.07) is 5.10. The zero-order chi connectivity index (χ0) is 19.0. The van der Waals surface area contributed by atoms with Gasteiger partial charge < -0.3 is 15.5 Å². The molecule has 1 aromatic rings. The van der Waals surface area contributed by atoms with Gasteiger partial charge in [0.25, 0.3) is 0 Å². The molecule has 0 spiro atoms. The maximum absolute atomic E-state index is 12.7. The Labute approximate surface area is 157 Å². The molecule has 0 saturated carbocycles. The van der Waals surface area contributed by atoms with Crippen LogP contribution in [0.5, 0.6) is 0 Å². The molecule has 0 fully saturated rings. The van der Waals surface area contributed by atoms with Crippen LogP contribution in [0.3, 0.4) is 0 Å². The first kappa shape index (κ1) is 21.8. The first-order valence-corrected chi connectivity index (χ1v) is 10.5. The molecule has 1 aromatic carbocycles. The zero-order valence-corrected chi connectivity index (χ0v) is 17.5. The number of rotatable bonds is 9. The van der Waals surface area contributed by atoms with Crippen LogP contribution in [-0.2, 0) is 10.0 Å². The summed E-state index contributed by atoms with van der Waals surface area (Å²) >= 11 is 5.32. The summed E-state index contributed by atoms with van der Waals surface area (Å²) in [5.74, 6) is 0. The minimum atomic E-state index is -3.48. The van der Waals surface area contributed by atoms with Gasteiger partial charge in [0.15, 0.2) is 5.11 Å². The molecule has 0 aliphatic heterocycles. The van der Waals surface area contributed by atoms with Crippen LogP contribution in [0.25, 0.3) is 0 Å². The summed E-state index contributed by atoms with van der Waals surface area (Å²) in [4.78, 5) is 1.68. The van der Waals surface area contributed by atoms with E-state index in [0.29, 0.717) is 23.9 Å². The van der Waals surface area contributed by atoms with Gasteiger partial charge in [-0.05, 0) is 36.8 Å². The SMILES string of the molecule is CCN(CC)S(=O)(=O)c1ccc(C)c(NC(=S)NCCC[NH+](C)C)c1. The lowest BCUT2D eigenvalue weighted by atomic mass is 10.2. The van der Waals surface area contributed by atoms with Crippen LogP contribution in [0.1, 0.15) is 25.8 Å². The molecule has 0 unspecified atom stereocenters. The summed E-state index contributed by atoms with van der Waals surface area (Å²) in [5.41, 5.74) is 1.66. The van der Waals surface area contributed by atoms with E-state index in [2.05, 4.69) is 24.7 Å². The van der Waals surface area contributed by atoms with Gasteiger partial charge >= 0.3 is 0 Å². The molecule has 6 nitrogen and oxygen atoms in total. The highest BCUT2D eigenvalue weighted by atomic mass is 32.2. The van der Waals surface area contributed by atoms with Gasteiger partial charge in [-0.15, -0.1) is 0 Å². The van der Waals surface area contributed by atoms with E-state index in [0.717, 1.165) is 25.1 Å². The van der Waals surface area contributed by atoms with Crippen LogP contribution in [0.4, 0.5) is 5.69 Å². The first-order chi connectivity index (χ1) is 11.7. The van der Waals surface area contributed by atoms with E-state index in [9.17, 15) is 8.42 Å². The van der Waals surface area contributed by atoms with Gasteiger partial charge in [0.2, 0.25) is 10.0 Å². The van der Waals surface area contributed by atoms with Crippen LogP contribution in [0.15, 0.2) is 23.1 Å². The standard InChI is InChI=1S/C17H30N4O2S2/c1-6-21(7-2)25(22,23)15-10-9-14(3)16(13-15)19-17(24)18-11-8-12-20(4)5/h9-10,13H,6-8,11-12H2,1-5H3,(H2,18,19,24)/p+1. The Morgan fingerprint density at radius 1 is 1.24 bits per heavy atom. The third-order valence-electron chi connectivity index (χ3n) is 3.94. The third-order valence-corrected chi connectivity index (χ3v) is 6.23. The molecule has 0 aliphatic rings. The molecule has 0 bridgehead atoms.